The summed E-state index contributed by atoms with van der Waals surface area (Å²) in [5, 5.41) is 0. The Hall–Kier alpha value is -6.06. The van der Waals surface area contributed by atoms with Gasteiger partial charge in [-0.2, -0.15) is 0 Å². The highest BCUT2D eigenvalue weighted by atomic mass is 35.6. The van der Waals surface area contributed by atoms with Gasteiger partial charge in [0.15, 0.2) is 8.59 Å². The molecule has 0 heterocycles. The first kappa shape index (κ1) is 53.0. The Morgan fingerprint density at radius 2 is 0.390 bits per heavy atom. The van der Waals surface area contributed by atoms with E-state index in [-0.39, 0.29) is 0 Å². The lowest BCUT2D eigenvalue weighted by molar-refractivity contribution is 0.754. The first-order chi connectivity index (χ1) is 37.1. The number of benzene rings is 10. The zero-order valence-electron chi connectivity index (χ0n) is 43.7. The smallest absolute Gasteiger partial charge is 0.0874 e. The van der Waals surface area contributed by atoms with E-state index < -0.39 is 24.8 Å². The highest BCUT2D eigenvalue weighted by Gasteiger charge is 2.54. The molecule has 0 saturated carbocycles. The van der Waals surface area contributed by atoms with Gasteiger partial charge in [-0.1, -0.05) is 297 Å². The molecule has 0 spiro atoms. The second kappa shape index (κ2) is 21.0. The molecule has 382 valence electrons. The monoisotopic (exact) mass is 1120 g/mol. The summed E-state index contributed by atoms with van der Waals surface area (Å²) in [6, 6.07) is 85.3. The molecule has 0 radical (unpaired) electrons. The third-order valence-corrected chi connectivity index (χ3v) is 16.4. The highest BCUT2D eigenvalue weighted by Crippen LogP contribution is 2.65. The van der Waals surface area contributed by atoms with Gasteiger partial charge in [0, 0.05) is 0 Å². The van der Waals surface area contributed by atoms with Crippen molar-refractivity contribution in [2.45, 2.75) is 66.4 Å². The summed E-state index contributed by atoms with van der Waals surface area (Å²) in [5.74, 6) is 0. The lowest BCUT2D eigenvalue weighted by atomic mass is 9.65. The molecule has 0 N–H and O–H groups in total. The molecule has 0 saturated heterocycles. The molecule has 0 aromatic heterocycles. The molecule has 0 unspecified atom stereocenters. The second-order valence-corrected chi connectivity index (χ2v) is 24.9. The zero-order chi connectivity index (χ0) is 54.0. The molecule has 10 aromatic carbocycles. The Labute approximate surface area is 484 Å². The van der Waals surface area contributed by atoms with Crippen molar-refractivity contribution in [1.29, 1.82) is 0 Å². The van der Waals surface area contributed by atoms with Crippen LogP contribution in [0.25, 0.3) is 33.4 Å². The van der Waals surface area contributed by atoms with Crippen LogP contribution in [-0.2, 0) is 16.2 Å². The molecule has 0 bridgehead atoms. The van der Waals surface area contributed by atoms with Gasteiger partial charge in [-0.15, -0.1) is 0 Å². The van der Waals surface area contributed by atoms with Crippen molar-refractivity contribution in [1.82, 2.24) is 0 Å². The molecule has 3 aliphatic carbocycles. The summed E-state index contributed by atoms with van der Waals surface area (Å²) in [6.07, 6.45) is 0. The number of halogens is 6. The predicted octanol–water partition coefficient (Wildman–Crippen LogP) is 20.6. The lowest BCUT2D eigenvalue weighted by Gasteiger charge is -2.36. The Kier molecular flexibility index (Phi) is 14.4. The van der Waals surface area contributed by atoms with E-state index >= 15 is 0 Å². The maximum absolute atomic E-state index is 4.81. The summed E-state index contributed by atoms with van der Waals surface area (Å²) < 4.78 is -1.50. The van der Waals surface area contributed by atoms with E-state index in [1.807, 2.05) is 0 Å². The van der Waals surface area contributed by atoms with Gasteiger partial charge in [0.25, 0.3) is 0 Å². The molecule has 3 aliphatic rings. The van der Waals surface area contributed by atoms with Crippen LogP contribution in [0, 0.1) is 41.5 Å². The molecular weight excluding hydrogens is 1070 g/mol. The minimum absolute atomic E-state index is 0.554. The van der Waals surface area contributed by atoms with Crippen LogP contribution in [-0.4, -0.2) is 8.59 Å². The quantitative estimate of drug-likeness (QED) is 0.146. The molecule has 13 rings (SSSR count). The average molecular weight is 1120 g/mol. The molecular formula is C71H56Cl6. The molecule has 6 heteroatoms. The van der Waals surface area contributed by atoms with Crippen LogP contribution < -0.4 is 0 Å². The fourth-order valence-electron chi connectivity index (χ4n) is 13.0. The number of rotatable bonds is 6. The number of alkyl halides is 6. The predicted molar refractivity (Wildman–Crippen MR) is 329 cm³/mol. The van der Waals surface area contributed by atoms with Crippen molar-refractivity contribution in [2.24, 2.45) is 0 Å². The fraction of sp³-hybridized carbons (Fsp3) is 0.155. The molecule has 0 aliphatic heterocycles. The molecule has 0 nitrogen and oxygen atoms in total. The summed E-state index contributed by atoms with van der Waals surface area (Å²) in [7, 11) is 0. The first-order valence-corrected chi connectivity index (χ1v) is 28.6. The SMILES string of the molecule is Cc1ccc(C2(c3ccc(C)cc3)c3ccccc3-c3cc4c(cc32)-c2cc3c(cc2C4(c2ccc(C)cc2)c2ccc(C)cc2)-c2ccccc2C3(c2ccc(C)cc2)c2ccc(C)cc2)cc1.ClC(Cl)Cl.ClC(Cl)Cl. The van der Waals surface area contributed by atoms with Gasteiger partial charge in [0.1, 0.15) is 0 Å². The third kappa shape index (κ3) is 8.76. The van der Waals surface area contributed by atoms with Gasteiger partial charge in [-0.25, -0.2) is 0 Å². The van der Waals surface area contributed by atoms with E-state index in [4.69, 9.17) is 69.6 Å². The maximum Gasteiger partial charge on any atom is 0.180 e. The standard InChI is InChI=1S/C69H54.2CHCl3/c1-43-15-27-49(28-16-43)67(50-29-17-44(2)18-30-50)61-13-9-7-11-55(61)57-39-65-59(41-63(57)67)60-42-64-58(40-66(60)69(65,53-35-23-47(5)24-36-53)54-37-25-48(6)26-38-54)56-12-8-10-14-62(56)68(64,51-31-19-45(3)20-32-51)52-33-21-46(4)22-34-52;2*2-1(3)4/h7-42H,1-6H3;2*1H. The van der Waals surface area contributed by atoms with Crippen molar-refractivity contribution in [2.75, 3.05) is 0 Å². The van der Waals surface area contributed by atoms with Gasteiger partial charge in [-0.05, 0) is 166 Å². The highest BCUT2D eigenvalue weighted by molar-refractivity contribution is 6.63. The molecule has 0 atom stereocenters. The van der Waals surface area contributed by atoms with Crippen LogP contribution in [0.4, 0.5) is 0 Å². The fourth-order valence-corrected chi connectivity index (χ4v) is 13.0. The average Bonchev–Trinajstić information content (AvgIpc) is 2.97. The normalized spacial score (nSPS) is 14.3. The Morgan fingerprint density at radius 3 is 0.597 bits per heavy atom. The number of hydrogen-bond donors (Lipinski definition) is 0. The lowest BCUT2D eigenvalue weighted by Crippen LogP contribution is -2.30. The van der Waals surface area contributed by atoms with E-state index in [1.54, 1.807) is 0 Å². The van der Waals surface area contributed by atoms with E-state index in [0.717, 1.165) is 0 Å². The summed E-state index contributed by atoms with van der Waals surface area (Å²) in [5.41, 5.74) is 29.3. The molecule has 77 heavy (non-hydrogen) atoms. The third-order valence-electron chi connectivity index (χ3n) is 16.4. The van der Waals surface area contributed by atoms with E-state index in [1.165, 1.54) is 134 Å². The summed E-state index contributed by atoms with van der Waals surface area (Å²) >= 11 is 28.8. The van der Waals surface area contributed by atoms with Gasteiger partial charge in [-0.3, -0.25) is 0 Å². The van der Waals surface area contributed by atoms with E-state index in [9.17, 15) is 0 Å². The Balaban J connectivity index is 0.000000740. The van der Waals surface area contributed by atoms with E-state index in [0.29, 0.717) is 0 Å². The molecule has 0 amide bonds. The van der Waals surface area contributed by atoms with Crippen LogP contribution >= 0.6 is 69.6 Å². The maximum atomic E-state index is 4.81. The van der Waals surface area contributed by atoms with Crippen LogP contribution in [0.3, 0.4) is 0 Å². The summed E-state index contributed by atoms with van der Waals surface area (Å²) in [4.78, 5) is 0. The Morgan fingerprint density at radius 1 is 0.221 bits per heavy atom. The van der Waals surface area contributed by atoms with Gasteiger partial charge in [0.05, 0.1) is 16.2 Å². The van der Waals surface area contributed by atoms with Crippen molar-refractivity contribution in [3.63, 3.8) is 0 Å². The largest absolute Gasteiger partial charge is 0.180 e. The minimum atomic E-state index is -0.750. The van der Waals surface area contributed by atoms with Crippen LogP contribution in [0.5, 0.6) is 0 Å². The van der Waals surface area contributed by atoms with Crippen molar-refractivity contribution < 1.29 is 0 Å². The van der Waals surface area contributed by atoms with Gasteiger partial charge < -0.3 is 0 Å². The zero-order valence-corrected chi connectivity index (χ0v) is 48.2. The number of aryl methyl sites for hydroxylation is 6. The van der Waals surface area contributed by atoms with Crippen molar-refractivity contribution in [3.05, 3.63) is 319 Å². The second-order valence-electron chi connectivity index (χ2n) is 20.9. The summed E-state index contributed by atoms with van der Waals surface area (Å²) in [6.45, 7) is 13.2. The Bertz CT molecular complexity index is 3450. The number of hydrogen-bond acceptors (Lipinski definition) is 0. The first-order valence-electron chi connectivity index (χ1n) is 26.0. The minimum Gasteiger partial charge on any atom is -0.0874 e. The van der Waals surface area contributed by atoms with Crippen LogP contribution in [0.15, 0.2) is 218 Å². The van der Waals surface area contributed by atoms with Gasteiger partial charge in [0.2, 0.25) is 0 Å². The molecule has 10 aromatic rings. The van der Waals surface area contributed by atoms with E-state index in [2.05, 4.69) is 260 Å². The van der Waals surface area contributed by atoms with Crippen molar-refractivity contribution in [3.8, 4) is 33.4 Å². The van der Waals surface area contributed by atoms with Crippen LogP contribution in [0.1, 0.15) is 100 Å². The number of fused-ring (bicyclic) bond motifs is 9. The van der Waals surface area contributed by atoms with Crippen LogP contribution in [0.2, 0.25) is 0 Å². The molecule has 0 fully saturated rings. The topological polar surface area (TPSA) is 0 Å². The van der Waals surface area contributed by atoms with Crippen molar-refractivity contribution >= 4 is 69.6 Å². The van der Waals surface area contributed by atoms with Gasteiger partial charge >= 0.3 is 0 Å².